The number of halogens is 1. The van der Waals surface area contributed by atoms with Gasteiger partial charge in [-0.2, -0.15) is 0 Å². The Morgan fingerprint density at radius 2 is 1.93 bits per heavy atom. The summed E-state index contributed by atoms with van der Waals surface area (Å²) in [5.74, 6) is 2.91. The molecule has 0 unspecified atom stereocenters. The smallest absolute Gasteiger partial charge is 0.205 e. The van der Waals surface area contributed by atoms with Crippen molar-refractivity contribution in [3.8, 4) is 11.3 Å². The Kier molecular flexibility index (Phi) is 5.78. The van der Waals surface area contributed by atoms with Crippen molar-refractivity contribution < 1.29 is 4.42 Å². The van der Waals surface area contributed by atoms with E-state index in [9.17, 15) is 0 Å². The van der Waals surface area contributed by atoms with Crippen LogP contribution in [0.25, 0.3) is 11.3 Å². The van der Waals surface area contributed by atoms with E-state index in [2.05, 4.69) is 38.8 Å². The molecule has 0 aliphatic heterocycles. The summed E-state index contributed by atoms with van der Waals surface area (Å²) < 4.78 is 8.01. The lowest BCUT2D eigenvalue weighted by molar-refractivity contribution is 0.529. The Balaban J connectivity index is 1.45. The van der Waals surface area contributed by atoms with Crippen molar-refractivity contribution in [3.05, 3.63) is 83.1 Å². The van der Waals surface area contributed by atoms with E-state index in [4.69, 9.17) is 16.0 Å². The van der Waals surface area contributed by atoms with Gasteiger partial charge in [0.05, 0.1) is 11.9 Å². The molecule has 142 valence electrons. The highest BCUT2D eigenvalue weighted by Crippen LogP contribution is 2.27. The first-order valence-electron chi connectivity index (χ1n) is 9.02. The second-order valence-electron chi connectivity index (χ2n) is 6.22. The molecule has 0 aliphatic rings. The molecule has 0 fully saturated rings. The maximum atomic E-state index is 6.05. The van der Waals surface area contributed by atoms with Crippen LogP contribution < -0.4 is 0 Å². The lowest BCUT2D eigenvalue weighted by Crippen LogP contribution is -2.04. The summed E-state index contributed by atoms with van der Waals surface area (Å²) in [7, 11) is 0. The molecule has 2 aromatic heterocycles. The number of hydrogen-bond donors (Lipinski definition) is 0. The van der Waals surface area contributed by atoms with Crippen molar-refractivity contribution in [2.75, 3.05) is 0 Å². The molecule has 0 N–H and O–H groups in total. The van der Waals surface area contributed by atoms with Crippen LogP contribution >= 0.6 is 23.4 Å². The van der Waals surface area contributed by atoms with Crippen LogP contribution in [0.4, 0.5) is 0 Å². The van der Waals surface area contributed by atoms with Gasteiger partial charge in [-0.3, -0.25) is 0 Å². The third kappa shape index (κ3) is 4.29. The number of nitrogens with zero attached hydrogens (tertiary/aromatic N) is 4. The zero-order chi connectivity index (χ0) is 19.3. The Morgan fingerprint density at radius 3 is 2.71 bits per heavy atom. The van der Waals surface area contributed by atoms with Gasteiger partial charge in [0.2, 0.25) is 5.89 Å². The van der Waals surface area contributed by atoms with Crippen molar-refractivity contribution in [1.82, 2.24) is 19.7 Å². The lowest BCUT2D eigenvalue weighted by Gasteiger charge is -2.06. The van der Waals surface area contributed by atoms with E-state index in [1.54, 1.807) is 18.0 Å². The SMILES string of the molecule is CCn1c(Cc2ccccc2)nnc1SCc1ncc(-c2cccc(Cl)c2)o1. The van der Waals surface area contributed by atoms with Gasteiger partial charge in [-0.25, -0.2) is 4.98 Å². The molecule has 0 aliphatic carbocycles. The van der Waals surface area contributed by atoms with Gasteiger partial charge in [-0.05, 0) is 24.6 Å². The van der Waals surface area contributed by atoms with Crippen molar-refractivity contribution >= 4 is 23.4 Å². The molecule has 0 saturated carbocycles. The minimum absolute atomic E-state index is 0.587. The summed E-state index contributed by atoms with van der Waals surface area (Å²) in [5, 5.41) is 10.3. The fraction of sp³-hybridized carbons (Fsp3) is 0.190. The van der Waals surface area contributed by atoms with Crippen LogP contribution in [-0.4, -0.2) is 19.7 Å². The zero-order valence-electron chi connectivity index (χ0n) is 15.4. The number of benzene rings is 2. The number of rotatable bonds is 7. The summed E-state index contributed by atoms with van der Waals surface area (Å²) in [6.45, 7) is 2.92. The maximum absolute atomic E-state index is 6.05. The van der Waals surface area contributed by atoms with Gasteiger partial charge < -0.3 is 8.98 Å². The fourth-order valence-electron chi connectivity index (χ4n) is 2.93. The van der Waals surface area contributed by atoms with Crippen LogP contribution in [0.2, 0.25) is 5.02 Å². The fourth-order valence-corrected chi connectivity index (χ4v) is 4.00. The normalized spacial score (nSPS) is 11.1. The number of thioether (sulfide) groups is 1. The number of hydrogen-bond acceptors (Lipinski definition) is 5. The average molecular weight is 411 g/mol. The van der Waals surface area contributed by atoms with Crippen LogP contribution in [0.15, 0.2) is 70.4 Å². The molecule has 0 saturated heterocycles. The second-order valence-corrected chi connectivity index (χ2v) is 7.60. The largest absolute Gasteiger partial charge is 0.440 e. The molecule has 0 atom stereocenters. The summed E-state index contributed by atoms with van der Waals surface area (Å²) >= 11 is 7.63. The second kappa shape index (κ2) is 8.63. The van der Waals surface area contributed by atoms with E-state index >= 15 is 0 Å². The lowest BCUT2D eigenvalue weighted by atomic mass is 10.1. The molecular weight excluding hydrogens is 392 g/mol. The van der Waals surface area contributed by atoms with Crippen LogP contribution in [0, 0.1) is 0 Å². The minimum Gasteiger partial charge on any atom is -0.440 e. The topological polar surface area (TPSA) is 56.7 Å². The molecule has 0 spiro atoms. The monoisotopic (exact) mass is 410 g/mol. The van der Waals surface area contributed by atoms with Crippen LogP contribution in [-0.2, 0) is 18.7 Å². The molecule has 2 aromatic carbocycles. The van der Waals surface area contributed by atoms with Crippen LogP contribution in [0.1, 0.15) is 24.2 Å². The van der Waals surface area contributed by atoms with Gasteiger partial charge in [0, 0.05) is 23.6 Å². The Hall–Kier alpha value is -2.57. The van der Waals surface area contributed by atoms with E-state index < -0.39 is 0 Å². The van der Waals surface area contributed by atoms with Crippen molar-refractivity contribution in [2.45, 2.75) is 30.8 Å². The Labute approximate surface area is 172 Å². The molecule has 28 heavy (non-hydrogen) atoms. The van der Waals surface area contributed by atoms with Crippen LogP contribution in [0.3, 0.4) is 0 Å². The quantitative estimate of drug-likeness (QED) is 0.377. The first kappa shape index (κ1) is 18.8. The van der Waals surface area contributed by atoms with Gasteiger partial charge in [0.25, 0.3) is 0 Å². The standard InChI is InChI=1S/C21H19ClN4OS/c1-2-26-19(11-15-7-4-3-5-8-15)24-25-21(26)28-14-20-23-13-18(27-20)16-9-6-10-17(22)12-16/h3-10,12-13H,2,11,14H2,1H3. The van der Waals surface area contributed by atoms with E-state index in [0.717, 1.165) is 29.5 Å². The van der Waals surface area contributed by atoms with Crippen molar-refractivity contribution in [3.63, 3.8) is 0 Å². The Bertz CT molecular complexity index is 1060. The highest BCUT2D eigenvalue weighted by atomic mass is 35.5. The molecule has 0 bridgehead atoms. The van der Waals surface area contributed by atoms with Gasteiger partial charge in [-0.1, -0.05) is 65.8 Å². The third-order valence-electron chi connectivity index (χ3n) is 4.30. The van der Waals surface area contributed by atoms with Crippen molar-refractivity contribution in [1.29, 1.82) is 0 Å². The molecule has 4 rings (SSSR count). The molecular formula is C21H19ClN4OS. The summed E-state index contributed by atoms with van der Waals surface area (Å²) in [6, 6.07) is 17.8. The molecule has 5 nitrogen and oxygen atoms in total. The third-order valence-corrected chi connectivity index (χ3v) is 5.49. The first-order valence-corrected chi connectivity index (χ1v) is 10.4. The van der Waals surface area contributed by atoms with Gasteiger partial charge in [0.15, 0.2) is 10.9 Å². The average Bonchev–Trinajstić information content (AvgIpc) is 3.34. The minimum atomic E-state index is 0.587. The first-order chi connectivity index (χ1) is 13.7. The van der Waals surface area contributed by atoms with Gasteiger partial charge >= 0.3 is 0 Å². The number of aromatic nitrogens is 4. The highest BCUT2D eigenvalue weighted by Gasteiger charge is 2.14. The highest BCUT2D eigenvalue weighted by molar-refractivity contribution is 7.98. The molecule has 7 heteroatoms. The Morgan fingerprint density at radius 1 is 1.07 bits per heavy atom. The number of oxazole rings is 1. The van der Waals surface area contributed by atoms with Gasteiger partial charge in [0.1, 0.15) is 5.82 Å². The molecule has 4 aromatic rings. The zero-order valence-corrected chi connectivity index (χ0v) is 17.0. The van der Waals surface area contributed by atoms with Gasteiger partial charge in [-0.15, -0.1) is 10.2 Å². The maximum Gasteiger partial charge on any atom is 0.205 e. The van der Waals surface area contributed by atoms with E-state index in [0.29, 0.717) is 22.4 Å². The summed E-state index contributed by atoms with van der Waals surface area (Å²) in [5.41, 5.74) is 2.14. The van der Waals surface area contributed by atoms with E-state index in [-0.39, 0.29) is 0 Å². The predicted octanol–water partition coefficient (Wildman–Crippen LogP) is 5.49. The molecule has 2 heterocycles. The predicted molar refractivity (Wildman–Crippen MR) is 111 cm³/mol. The summed E-state index contributed by atoms with van der Waals surface area (Å²) in [4.78, 5) is 4.38. The van der Waals surface area contributed by atoms with E-state index in [1.807, 2.05) is 42.5 Å². The summed E-state index contributed by atoms with van der Waals surface area (Å²) in [6.07, 6.45) is 2.49. The molecule has 0 radical (unpaired) electrons. The molecule has 0 amide bonds. The van der Waals surface area contributed by atoms with Crippen LogP contribution in [0.5, 0.6) is 0 Å². The van der Waals surface area contributed by atoms with E-state index in [1.165, 1.54) is 5.56 Å². The van der Waals surface area contributed by atoms with Crippen molar-refractivity contribution in [2.24, 2.45) is 0 Å².